The fraction of sp³-hybridized carbons (Fsp3) is 0.500. The molecule has 1 aromatic carbocycles. The van der Waals surface area contributed by atoms with Gasteiger partial charge in [0.2, 0.25) is 10.0 Å². The lowest BCUT2D eigenvalue weighted by Gasteiger charge is -2.19. The molecule has 1 aromatic rings. The quantitative estimate of drug-likeness (QED) is 0.811. The first-order valence-electron chi connectivity index (χ1n) is 5.44. The molecule has 4 heteroatoms. The SMILES string of the molecule is Cc1ccc(C2CC2)cc1N(C)S(C)(=O)=O. The number of hydrogen-bond donors (Lipinski definition) is 0. The highest BCUT2D eigenvalue weighted by Crippen LogP contribution is 2.41. The standard InChI is InChI=1S/C12H17NO2S/c1-9-4-5-11(10-6-7-10)8-12(9)13(2)16(3,14)15/h4-5,8,10H,6-7H2,1-3H3. The van der Waals surface area contributed by atoms with Crippen molar-refractivity contribution < 1.29 is 8.42 Å². The summed E-state index contributed by atoms with van der Waals surface area (Å²) in [7, 11) is -1.56. The maximum absolute atomic E-state index is 11.5. The van der Waals surface area contributed by atoms with E-state index in [0.29, 0.717) is 5.92 Å². The Hall–Kier alpha value is -1.03. The van der Waals surface area contributed by atoms with Crippen LogP contribution in [0, 0.1) is 6.92 Å². The van der Waals surface area contributed by atoms with E-state index >= 15 is 0 Å². The lowest BCUT2D eigenvalue weighted by molar-refractivity contribution is 0.600. The molecule has 1 fully saturated rings. The van der Waals surface area contributed by atoms with E-state index in [1.165, 1.54) is 29.0 Å². The highest BCUT2D eigenvalue weighted by atomic mass is 32.2. The molecule has 0 unspecified atom stereocenters. The Bertz CT molecular complexity index is 504. The normalized spacial score (nSPS) is 16.2. The van der Waals surface area contributed by atoms with Crippen LogP contribution in [-0.2, 0) is 10.0 Å². The summed E-state index contributed by atoms with van der Waals surface area (Å²) < 4.78 is 24.4. The molecule has 1 aliphatic carbocycles. The second-order valence-corrected chi connectivity index (χ2v) is 6.56. The molecular weight excluding hydrogens is 222 g/mol. The van der Waals surface area contributed by atoms with Gasteiger partial charge in [-0.05, 0) is 42.9 Å². The number of hydrogen-bond acceptors (Lipinski definition) is 2. The number of aryl methyl sites for hydroxylation is 1. The molecule has 16 heavy (non-hydrogen) atoms. The molecule has 0 radical (unpaired) electrons. The van der Waals surface area contributed by atoms with Gasteiger partial charge in [0.1, 0.15) is 0 Å². The van der Waals surface area contributed by atoms with Crippen molar-refractivity contribution in [3.05, 3.63) is 29.3 Å². The third-order valence-electron chi connectivity index (χ3n) is 3.12. The van der Waals surface area contributed by atoms with E-state index in [1.807, 2.05) is 19.1 Å². The molecule has 3 nitrogen and oxygen atoms in total. The van der Waals surface area contributed by atoms with Gasteiger partial charge in [-0.1, -0.05) is 12.1 Å². The fourth-order valence-corrected chi connectivity index (χ4v) is 2.37. The molecule has 2 rings (SSSR count). The van der Waals surface area contributed by atoms with Crippen LogP contribution in [0.4, 0.5) is 5.69 Å². The van der Waals surface area contributed by atoms with Gasteiger partial charge in [0.05, 0.1) is 11.9 Å². The maximum Gasteiger partial charge on any atom is 0.232 e. The zero-order chi connectivity index (χ0) is 11.9. The number of nitrogens with zero attached hydrogens (tertiary/aromatic N) is 1. The summed E-state index contributed by atoms with van der Waals surface area (Å²) in [6.07, 6.45) is 3.69. The molecule has 0 aromatic heterocycles. The first-order chi connectivity index (χ1) is 7.39. The third-order valence-corrected chi connectivity index (χ3v) is 4.31. The van der Waals surface area contributed by atoms with Gasteiger partial charge in [-0.15, -0.1) is 0 Å². The van der Waals surface area contributed by atoms with Crippen LogP contribution in [0.1, 0.15) is 29.9 Å². The van der Waals surface area contributed by atoms with Crippen molar-refractivity contribution in [1.29, 1.82) is 0 Å². The molecule has 0 N–H and O–H groups in total. The van der Waals surface area contributed by atoms with Crippen LogP contribution in [0.2, 0.25) is 0 Å². The van der Waals surface area contributed by atoms with Crippen molar-refractivity contribution >= 4 is 15.7 Å². The first kappa shape index (κ1) is 11.5. The minimum Gasteiger partial charge on any atom is -0.273 e. The lowest BCUT2D eigenvalue weighted by atomic mass is 10.1. The van der Waals surface area contributed by atoms with Crippen LogP contribution < -0.4 is 4.31 Å². The van der Waals surface area contributed by atoms with E-state index in [-0.39, 0.29) is 0 Å². The molecule has 0 heterocycles. The van der Waals surface area contributed by atoms with Crippen LogP contribution >= 0.6 is 0 Å². The average molecular weight is 239 g/mol. The van der Waals surface area contributed by atoms with Gasteiger partial charge < -0.3 is 0 Å². The van der Waals surface area contributed by atoms with Gasteiger partial charge in [-0.3, -0.25) is 4.31 Å². The zero-order valence-electron chi connectivity index (χ0n) is 9.90. The summed E-state index contributed by atoms with van der Waals surface area (Å²) in [5.41, 5.74) is 3.06. The zero-order valence-corrected chi connectivity index (χ0v) is 10.7. The van der Waals surface area contributed by atoms with Crippen LogP contribution in [0.25, 0.3) is 0 Å². The first-order valence-corrected chi connectivity index (χ1v) is 7.29. The van der Waals surface area contributed by atoms with Gasteiger partial charge in [-0.25, -0.2) is 8.42 Å². The van der Waals surface area contributed by atoms with Gasteiger partial charge in [0.25, 0.3) is 0 Å². The Morgan fingerprint density at radius 3 is 2.44 bits per heavy atom. The second-order valence-electron chi connectivity index (χ2n) is 4.55. The number of benzene rings is 1. The van der Waals surface area contributed by atoms with E-state index in [2.05, 4.69) is 6.07 Å². The third kappa shape index (κ3) is 2.21. The minimum atomic E-state index is -3.17. The van der Waals surface area contributed by atoms with E-state index < -0.39 is 10.0 Å². The van der Waals surface area contributed by atoms with Crippen molar-refractivity contribution in [3.63, 3.8) is 0 Å². The number of anilines is 1. The van der Waals surface area contributed by atoms with E-state index in [9.17, 15) is 8.42 Å². The topological polar surface area (TPSA) is 37.4 Å². The number of sulfonamides is 1. The van der Waals surface area contributed by atoms with Gasteiger partial charge in [0.15, 0.2) is 0 Å². The Morgan fingerprint density at radius 2 is 1.94 bits per heavy atom. The summed E-state index contributed by atoms with van der Waals surface area (Å²) in [5, 5.41) is 0. The van der Waals surface area contributed by atoms with Crippen molar-refractivity contribution in [1.82, 2.24) is 0 Å². The molecule has 88 valence electrons. The summed E-state index contributed by atoms with van der Waals surface area (Å²) in [4.78, 5) is 0. The molecule has 0 bridgehead atoms. The highest BCUT2D eigenvalue weighted by Gasteiger charge is 2.25. The minimum absolute atomic E-state index is 0.646. The molecule has 0 spiro atoms. The fourth-order valence-electron chi connectivity index (χ4n) is 1.81. The van der Waals surface area contributed by atoms with Crippen molar-refractivity contribution in [2.45, 2.75) is 25.7 Å². The highest BCUT2D eigenvalue weighted by molar-refractivity contribution is 7.92. The molecule has 1 aliphatic rings. The summed E-state index contributed by atoms with van der Waals surface area (Å²) >= 11 is 0. The van der Waals surface area contributed by atoms with Crippen molar-refractivity contribution in [2.24, 2.45) is 0 Å². The summed E-state index contributed by atoms with van der Waals surface area (Å²) in [6, 6.07) is 6.12. The van der Waals surface area contributed by atoms with Crippen LogP contribution in [-0.4, -0.2) is 21.7 Å². The molecular formula is C12H17NO2S. The lowest BCUT2D eigenvalue weighted by Crippen LogP contribution is -2.25. The maximum atomic E-state index is 11.5. The molecule has 0 aliphatic heterocycles. The number of rotatable bonds is 3. The van der Waals surface area contributed by atoms with Crippen LogP contribution in [0.15, 0.2) is 18.2 Å². The Morgan fingerprint density at radius 1 is 1.31 bits per heavy atom. The predicted molar refractivity (Wildman–Crippen MR) is 66.4 cm³/mol. The predicted octanol–water partition coefficient (Wildman–Crippen LogP) is 2.27. The van der Waals surface area contributed by atoms with Gasteiger partial charge >= 0.3 is 0 Å². The Labute approximate surface area is 97.1 Å². The van der Waals surface area contributed by atoms with E-state index in [4.69, 9.17) is 0 Å². The van der Waals surface area contributed by atoms with Crippen LogP contribution in [0.3, 0.4) is 0 Å². The molecule has 0 atom stereocenters. The van der Waals surface area contributed by atoms with Crippen molar-refractivity contribution in [2.75, 3.05) is 17.6 Å². The van der Waals surface area contributed by atoms with E-state index in [1.54, 1.807) is 7.05 Å². The monoisotopic (exact) mass is 239 g/mol. The Balaban J connectivity index is 2.42. The van der Waals surface area contributed by atoms with Gasteiger partial charge in [0, 0.05) is 7.05 Å². The molecule has 0 saturated heterocycles. The summed E-state index contributed by atoms with van der Waals surface area (Å²) in [5.74, 6) is 0.646. The van der Waals surface area contributed by atoms with E-state index in [0.717, 1.165) is 11.3 Å². The Kier molecular flexibility index (Phi) is 2.70. The van der Waals surface area contributed by atoms with Crippen molar-refractivity contribution in [3.8, 4) is 0 Å². The van der Waals surface area contributed by atoms with Crippen LogP contribution in [0.5, 0.6) is 0 Å². The van der Waals surface area contributed by atoms with Gasteiger partial charge in [-0.2, -0.15) is 0 Å². The summed E-state index contributed by atoms with van der Waals surface area (Å²) in [6.45, 7) is 1.94. The smallest absolute Gasteiger partial charge is 0.232 e. The second kappa shape index (κ2) is 3.77. The molecule has 1 saturated carbocycles. The molecule has 0 amide bonds. The largest absolute Gasteiger partial charge is 0.273 e. The average Bonchev–Trinajstić information content (AvgIpc) is 2.99.